The molecule has 0 spiro atoms. The molecule has 0 radical (unpaired) electrons. The van der Waals surface area contributed by atoms with Crippen molar-refractivity contribution in [3.8, 4) is 96.5 Å². The maximum Gasteiger partial charge on any atom is 1.00 e. The first-order valence-electron chi connectivity index (χ1n) is 28.3. The van der Waals surface area contributed by atoms with E-state index in [-0.39, 0.29) is 289 Å². The van der Waals surface area contributed by atoms with Crippen molar-refractivity contribution in [3.05, 3.63) is 9.75 Å². The van der Waals surface area contributed by atoms with E-state index in [4.69, 9.17) is 56.8 Å². The van der Waals surface area contributed by atoms with Crippen molar-refractivity contribution in [3.63, 3.8) is 0 Å². The maximum absolute atomic E-state index is 12.6. The predicted molar refractivity (Wildman–Crippen MR) is 326 cm³/mol. The van der Waals surface area contributed by atoms with E-state index >= 15 is 0 Å². The number of aryl methyl sites for hydroxylation is 2. The summed E-state index contributed by atoms with van der Waals surface area (Å²) in [6.45, 7) is 4.48. The van der Waals surface area contributed by atoms with E-state index in [1.807, 2.05) is 13.8 Å². The van der Waals surface area contributed by atoms with Gasteiger partial charge in [0, 0.05) is 85.2 Å². The van der Waals surface area contributed by atoms with Crippen LogP contribution in [0, 0.1) is 13.8 Å². The van der Waals surface area contributed by atoms with Gasteiger partial charge in [-0.05, 0) is 65.2 Å². The molecule has 3 aliphatic heterocycles. The van der Waals surface area contributed by atoms with Crippen LogP contribution in [0.5, 0.6) is 57.5 Å². The molecule has 0 amide bonds. The average Bonchev–Trinajstić information content (AvgIpc) is 1.59. The van der Waals surface area contributed by atoms with Crippen LogP contribution in [0.1, 0.15) is 74.0 Å². The number of rotatable bonds is 39. The molecule has 40 heteroatoms. The van der Waals surface area contributed by atoms with E-state index in [0.29, 0.717) is 92.6 Å². The second-order valence-corrected chi connectivity index (χ2v) is 32.2. The molecule has 0 bridgehead atoms. The summed E-state index contributed by atoms with van der Waals surface area (Å²) < 4.78 is 208. The minimum atomic E-state index is -4.42. The SMILES string of the molecule is Cc1sc(-c2sc(-c3sc(-c4sc(-c5sc(C)c6c5OCC(COCCCCS(=O)(=O)[O-])O6)c(OCCCOCCCCS(=O)(=O)[O-])c4O)c4c3OC(COCCCCS(=O)(=O)[O-])CO4)c(OCCCO)c2O)c2c1OC(COCCCCS(=O)(=O)[O-])CO2.[Na+].[Na+].[Na+].[Na+]. The third-order valence-corrected chi connectivity index (χ3v) is 22.7. The number of hydrogen-bond donors (Lipinski definition) is 3. The Kier molecular flexibility index (Phi) is 36.7. The molecule has 5 aromatic rings. The summed E-state index contributed by atoms with van der Waals surface area (Å²) in [6, 6.07) is 0. The number of hydrogen-bond acceptors (Lipinski definition) is 32. The molecule has 0 aliphatic carbocycles. The Labute approximate surface area is 649 Å². The number of unbranched alkanes of at least 4 members (excludes halogenated alkanes) is 4. The Hall–Kier alpha value is -0.0600. The Morgan fingerprint density at radius 2 is 0.688 bits per heavy atom. The smallest absolute Gasteiger partial charge is 0.748 e. The summed E-state index contributed by atoms with van der Waals surface area (Å²) in [7, 11) is -17.5. The van der Waals surface area contributed by atoms with Gasteiger partial charge in [0.1, 0.15) is 19.8 Å². The maximum atomic E-state index is 12.6. The zero-order valence-electron chi connectivity index (χ0n) is 52.3. The van der Waals surface area contributed by atoms with Crippen LogP contribution in [0.25, 0.3) is 39.0 Å². The van der Waals surface area contributed by atoms with Crippen LogP contribution in [0.3, 0.4) is 0 Å². The monoisotopic (exact) mass is 1520 g/mol. The van der Waals surface area contributed by atoms with Crippen molar-refractivity contribution in [2.24, 2.45) is 0 Å². The third kappa shape index (κ3) is 25.5. The van der Waals surface area contributed by atoms with Crippen molar-refractivity contribution in [1.29, 1.82) is 0 Å². The first-order valence-corrected chi connectivity index (χ1v) is 38.6. The number of ether oxygens (including phenoxy) is 12. The molecule has 3 N–H and O–H groups in total. The standard InChI is InChI=1S/C53H72O27S9.4Na/c1-31-38-42(75-28-33(78-38)25-70-15-4-8-22-87(60,61)62)50(81-31)46-36(55)41(73-19-11-13-54)49(83-46)53-45-44(77-30-35(80-45)27-72-17-6-10-24-89(66,67)68)51(85-53)47-37(56)40(74-20-12-18-69-14-3-7-21-86(57,58)59)48(84-47)52-43-39(32(2)82-52)79-34(29-76-43)26-71-16-5-9-23-88(63,64)65;;;;/h33-35,54-56H,3-30H2,1-2H3,(H,57,58,59)(H,60,61,62)(H,63,64,65)(H,66,67,68);;;;/q;4*+1/p-4. The Morgan fingerprint density at radius 3 is 1.06 bits per heavy atom. The first-order chi connectivity index (χ1) is 42.3. The number of aliphatic hydroxyl groups is 1. The molecule has 0 fully saturated rings. The molecule has 5 aromatic heterocycles. The van der Waals surface area contributed by atoms with Gasteiger partial charge in [-0.3, -0.25) is 0 Å². The zero-order valence-corrected chi connectivity index (χ0v) is 67.7. The van der Waals surface area contributed by atoms with Gasteiger partial charge in [-0.2, -0.15) is 0 Å². The van der Waals surface area contributed by atoms with Crippen LogP contribution in [0.4, 0.5) is 0 Å². The van der Waals surface area contributed by atoms with Crippen molar-refractivity contribution < 1.29 is 242 Å². The quantitative estimate of drug-likeness (QED) is 0.0188. The minimum absolute atomic E-state index is 0. The molecule has 0 saturated heterocycles. The normalized spacial score (nSPS) is 16.0. The van der Waals surface area contributed by atoms with E-state index in [9.17, 15) is 67.2 Å². The molecular weight excluding hydrogens is 1450 g/mol. The van der Waals surface area contributed by atoms with Crippen molar-refractivity contribution in [2.75, 3.05) is 116 Å². The van der Waals surface area contributed by atoms with Crippen molar-refractivity contribution in [2.45, 2.75) is 96.4 Å². The van der Waals surface area contributed by atoms with Gasteiger partial charge >= 0.3 is 118 Å². The molecule has 3 atom stereocenters. The van der Waals surface area contributed by atoms with Gasteiger partial charge in [-0.25, -0.2) is 33.7 Å². The van der Waals surface area contributed by atoms with Gasteiger partial charge in [0.2, 0.25) is 0 Å². The van der Waals surface area contributed by atoms with E-state index in [1.165, 1.54) is 22.7 Å². The van der Waals surface area contributed by atoms with Crippen LogP contribution in [-0.4, -0.2) is 201 Å². The molecule has 93 heavy (non-hydrogen) atoms. The number of thiophene rings is 5. The summed E-state index contributed by atoms with van der Waals surface area (Å²) in [4.78, 5) is 4.66. The molecule has 0 saturated carbocycles. The zero-order chi connectivity index (χ0) is 64.1. The molecule has 0 aromatic carbocycles. The second kappa shape index (κ2) is 40.0. The number of fused-ring (bicyclic) bond motifs is 3. The van der Waals surface area contributed by atoms with Gasteiger partial charge in [-0.15, -0.1) is 56.7 Å². The molecule has 8 heterocycles. The fourth-order valence-corrected chi connectivity index (χ4v) is 17.4. The molecule has 500 valence electrons. The van der Waals surface area contributed by atoms with E-state index in [0.717, 1.165) is 34.0 Å². The van der Waals surface area contributed by atoms with E-state index in [2.05, 4.69) is 0 Å². The van der Waals surface area contributed by atoms with Crippen LogP contribution >= 0.6 is 56.7 Å². The molecule has 8 rings (SSSR count). The molecular formula is C53H68Na4O27S9. The Morgan fingerprint density at radius 1 is 0.387 bits per heavy atom. The van der Waals surface area contributed by atoms with Crippen molar-refractivity contribution in [1.82, 2.24) is 0 Å². The fraction of sp³-hybridized carbons (Fsp3) is 0.623. The third-order valence-electron chi connectivity index (χ3n) is 13.3. The topological polar surface area (TPSA) is 400 Å². The summed E-state index contributed by atoms with van der Waals surface area (Å²) in [5.74, 6) is -0.526. The van der Waals surface area contributed by atoms with Gasteiger partial charge in [0.25, 0.3) is 0 Å². The van der Waals surface area contributed by atoms with Crippen LogP contribution in [0.2, 0.25) is 0 Å². The van der Waals surface area contributed by atoms with E-state index in [1.54, 1.807) is 0 Å². The van der Waals surface area contributed by atoms with Crippen molar-refractivity contribution >= 4 is 97.2 Å². The van der Waals surface area contributed by atoms with Gasteiger partial charge in [0.15, 0.2) is 75.8 Å². The Balaban J connectivity index is 0.00000461. The summed E-state index contributed by atoms with van der Waals surface area (Å²) in [5, 5.41) is 34.8. The van der Waals surface area contributed by atoms with E-state index < -0.39 is 81.8 Å². The summed E-state index contributed by atoms with van der Waals surface area (Å²) in [6.07, 6.45) is 0.444. The van der Waals surface area contributed by atoms with Gasteiger partial charge in [0.05, 0.1) is 113 Å². The molecule has 3 aliphatic rings. The minimum Gasteiger partial charge on any atom is -0.748 e. The first kappa shape index (κ1) is 85.4. The number of aromatic hydroxyl groups is 2. The second-order valence-electron chi connectivity index (χ2n) is 20.6. The summed E-state index contributed by atoms with van der Waals surface area (Å²) in [5.41, 5.74) is 0. The number of aliphatic hydroxyl groups excluding tert-OH is 1. The average molecular weight is 1520 g/mol. The molecule has 3 unspecified atom stereocenters. The van der Waals surface area contributed by atoms with Crippen LogP contribution in [-0.2, 0) is 59.4 Å². The molecule has 27 nitrogen and oxygen atoms in total. The van der Waals surface area contributed by atoms with Gasteiger partial charge < -0.3 is 90.4 Å². The van der Waals surface area contributed by atoms with Crippen LogP contribution in [0.15, 0.2) is 0 Å². The fourth-order valence-electron chi connectivity index (χ4n) is 9.11. The van der Waals surface area contributed by atoms with Crippen LogP contribution < -0.4 is 156 Å². The predicted octanol–water partition coefficient (Wildman–Crippen LogP) is -4.98. The largest absolute Gasteiger partial charge is 1.00 e. The summed E-state index contributed by atoms with van der Waals surface area (Å²) >= 11 is 6.05. The van der Waals surface area contributed by atoms with Gasteiger partial charge in [-0.1, -0.05) is 0 Å². The Bertz CT molecular complexity index is 3640.